The third kappa shape index (κ3) is 8.04. The molecule has 0 bridgehead atoms. The van der Waals surface area contributed by atoms with Crippen molar-refractivity contribution in [1.82, 2.24) is 0 Å². The van der Waals surface area contributed by atoms with Crippen LogP contribution in [0, 0.1) is 11.8 Å². The summed E-state index contributed by atoms with van der Waals surface area (Å²) in [6, 6.07) is 16.1. The van der Waals surface area contributed by atoms with Crippen LogP contribution in [0.15, 0.2) is 61.2 Å². The lowest BCUT2D eigenvalue weighted by Crippen LogP contribution is -2.34. The molecule has 0 saturated heterocycles. The monoisotopic (exact) mass is 445 g/mol. The highest BCUT2D eigenvalue weighted by molar-refractivity contribution is 7.89. The number of hydrogen-bond acceptors (Lipinski definition) is 4. The fourth-order valence-electron chi connectivity index (χ4n) is 4.05. The molecule has 0 heterocycles. The molecule has 6 heteroatoms. The number of hydrogen-bond donors (Lipinski definition) is 1. The molecule has 2 N–H and O–H groups in total. The minimum atomic E-state index is -3.63. The van der Waals surface area contributed by atoms with Gasteiger partial charge in [0.05, 0.1) is 19.5 Å². The van der Waals surface area contributed by atoms with E-state index in [2.05, 4.69) is 30.8 Å². The van der Waals surface area contributed by atoms with Crippen LogP contribution in [0.1, 0.15) is 37.3 Å². The molecule has 0 amide bonds. The van der Waals surface area contributed by atoms with E-state index in [1.807, 2.05) is 31.2 Å². The van der Waals surface area contributed by atoms with Crippen molar-refractivity contribution in [2.75, 3.05) is 14.2 Å². The lowest BCUT2D eigenvalue weighted by atomic mass is 9.87. The van der Waals surface area contributed by atoms with E-state index in [1.54, 1.807) is 20.3 Å². The Hall–Kier alpha value is -2.31. The van der Waals surface area contributed by atoms with Gasteiger partial charge >= 0.3 is 0 Å². The SMILES string of the molecule is C=CCC(C)C(CCC(Cc1ccc(OC)cc1)Cc1ccc(OC)cc1)S(N)(=O)=O. The van der Waals surface area contributed by atoms with Gasteiger partial charge in [-0.2, -0.15) is 0 Å². The first-order valence-electron chi connectivity index (χ1n) is 10.6. The number of allylic oxidation sites excluding steroid dienone is 1. The minimum Gasteiger partial charge on any atom is -0.497 e. The fourth-order valence-corrected chi connectivity index (χ4v) is 5.28. The Morgan fingerprint density at radius 2 is 1.35 bits per heavy atom. The first-order chi connectivity index (χ1) is 14.8. The van der Waals surface area contributed by atoms with E-state index in [9.17, 15) is 8.42 Å². The standard InChI is InChI=1S/C25H35NO4S/c1-5-6-19(2)25(31(26,27)28)16-11-22(17-20-7-12-23(29-3)13-8-20)18-21-9-14-24(30-4)15-10-21/h5,7-10,12-15,19,22,25H,1,6,11,16-18H2,2-4H3,(H2,26,27,28). The van der Waals surface area contributed by atoms with Crippen LogP contribution in [-0.4, -0.2) is 27.9 Å². The van der Waals surface area contributed by atoms with Gasteiger partial charge in [-0.05, 0) is 79.3 Å². The Labute approximate surface area is 187 Å². The molecule has 2 aromatic rings. The van der Waals surface area contributed by atoms with Gasteiger partial charge in [0.2, 0.25) is 10.0 Å². The number of benzene rings is 2. The van der Waals surface area contributed by atoms with Crippen molar-refractivity contribution in [3.05, 3.63) is 72.3 Å². The Balaban J connectivity index is 2.18. The first-order valence-corrected chi connectivity index (χ1v) is 12.3. The summed E-state index contributed by atoms with van der Waals surface area (Å²) >= 11 is 0. The van der Waals surface area contributed by atoms with Crippen molar-refractivity contribution in [2.24, 2.45) is 17.0 Å². The number of sulfonamides is 1. The third-order valence-electron chi connectivity index (χ3n) is 5.82. The minimum absolute atomic E-state index is 0.0601. The molecule has 0 aliphatic rings. The zero-order chi connectivity index (χ0) is 22.9. The summed E-state index contributed by atoms with van der Waals surface area (Å²) in [4.78, 5) is 0. The van der Waals surface area contributed by atoms with Crippen LogP contribution in [0.4, 0.5) is 0 Å². The van der Waals surface area contributed by atoms with Gasteiger partial charge in [0.15, 0.2) is 0 Å². The Kier molecular flexibility index (Phi) is 9.59. The average Bonchev–Trinajstić information content (AvgIpc) is 2.74. The number of methoxy groups -OCH3 is 2. The van der Waals surface area contributed by atoms with E-state index in [4.69, 9.17) is 14.6 Å². The second kappa shape index (κ2) is 11.9. The summed E-state index contributed by atoms with van der Waals surface area (Å²) in [7, 11) is -0.322. The van der Waals surface area contributed by atoms with Crippen molar-refractivity contribution in [3.8, 4) is 11.5 Å². The zero-order valence-corrected chi connectivity index (χ0v) is 19.6. The molecule has 2 atom stereocenters. The zero-order valence-electron chi connectivity index (χ0n) is 18.8. The summed E-state index contributed by atoms with van der Waals surface area (Å²) in [5.74, 6) is 1.86. The third-order valence-corrected chi connectivity index (χ3v) is 7.37. The molecule has 170 valence electrons. The molecule has 0 aromatic heterocycles. The highest BCUT2D eigenvalue weighted by Crippen LogP contribution is 2.27. The van der Waals surface area contributed by atoms with Crippen LogP contribution in [0.2, 0.25) is 0 Å². The summed E-state index contributed by atoms with van der Waals surface area (Å²) in [5, 5.41) is 5.01. The summed E-state index contributed by atoms with van der Waals surface area (Å²) in [6.07, 6.45) is 5.38. The van der Waals surface area contributed by atoms with Gasteiger partial charge in [0.1, 0.15) is 11.5 Å². The topological polar surface area (TPSA) is 78.6 Å². The molecule has 0 spiro atoms. The molecule has 5 nitrogen and oxygen atoms in total. The maximum absolute atomic E-state index is 12.2. The van der Waals surface area contributed by atoms with Gasteiger partial charge in [-0.25, -0.2) is 13.6 Å². The molecule has 0 saturated carbocycles. The van der Waals surface area contributed by atoms with E-state index < -0.39 is 15.3 Å². The number of ether oxygens (including phenoxy) is 2. The Morgan fingerprint density at radius 3 is 1.71 bits per heavy atom. The number of rotatable bonds is 13. The molecule has 0 fully saturated rings. The van der Waals surface area contributed by atoms with Gasteiger partial charge in [0.25, 0.3) is 0 Å². The normalized spacial score (nSPS) is 13.6. The predicted octanol–water partition coefficient (Wildman–Crippen LogP) is 4.75. The first kappa shape index (κ1) is 25.0. The van der Waals surface area contributed by atoms with Crippen molar-refractivity contribution < 1.29 is 17.9 Å². The van der Waals surface area contributed by atoms with Gasteiger partial charge < -0.3 is 9.47 Å². The molecule has 0 aliphatic carbocycles. The van der Waals surface area contributed by atoms with Crippen LogP contribution >= 0.6 is 0 Å². The highest BCUT2D eigenvalue weighted by Gasteiger charge is 2.28. The predicted molar refractivity (Wildman–Crippen MR) is 127 cm³/mol. The van der Waals surface area contributed by atoms with E-state index in [0.29, 0.717) is 12.8 Å². The second-order valence-electron chi connectivity index (χ2n) is 8.18. The van der Waals surface area contributed by atoms with E-state index >= 15 is 0 Å². The lowest BCUT2D eigenvalue weighted by Gasteiger charge is -2.24. The molecule has 2 unspecified atom stereocenters. The smallest absolute Gasteiger partial charge is 0.212 e. The maximum atomic E-state index is 12.2. The largest absolute Gasteiger partial charge is 0.497 e. The number of nitrogens with two attached hydrogens (primary N) is 1. The van der Waals surface area contributed by atoms with Gasteiger partial charge in [-0.1, -0.05) is 37.3 Å². The summed E-state index contributed by atoms with van der Waals surface area (Å²) in [6.45, 7) is 5.67. The summed E-state index contributed by atoms with van der Waals surface area (Å²) in [5.41, 5.74) is 2.40. The van der Waals surface area contributed by atoms with Crippen molar-refractivity contribution in [3.63, 3.8) is 0 Å². The van der Waals surface area contributed by atoms with Crippen LogP contribution < -0.4 is 14.6 Å². The summed E-state index contributed by atoms with van der Waals surface area (Å²) < 4.78 is 35.0. The van der Waals surface area contributed by atoms with Gasteiger partial charge in [0, 0.05) is 0 Å². The van der Waals surface area contributed by atoms with Gasteiger partial charge in [-0.3, -0.25) is 0 Å². The quantitative estimate of drug-likeness (QED) is 0.451. The van der Waals surface area contributed by atoms with Crippen LogP contribution in [0.25, 0.3) is 0 Å². The number of primary sulfonamides is 1. The van der Waals surface area contributed by atoms with E-state index in [-0.39, 0.29) is 11.8 Å². The fraction of sp³-hybridized carbons (Fsp3) is 0.440. The van der Waals surface area contributed by atoms with E-state index in [1.165, 1.54) is 11.1 Å². The van der Waals surface area contributed by atoms with Gasteiger partial charge in [-0.15, -0.1) is 6.58 Å². The van der Waals surface area contributed by atoms with Crippen LogP contribution in [0.5, 0.6) is 11.5 Å². The van der Waals surface area contributed by atoms with Crippen LogP contribution in [0.3, 0.4) is 0 Å². The Bertz CT molecular complexity index is 858. The second-order valence-corrected chi connectivity index (χ2v) is 9.96. The molecule has 2 aromatic carbocycles. The lowest BCUT2D eigenvalue weighted by molar-refractivity contribution is 0.408. The van der Waals surface area contributed by atoms with E-state index in [0.717, 1.165) is 30.8 Å². The molecular formula is C25H35NO4S. The van der Waals surface area contributed by atoms with Crippen molar-refractivity contribution in [1.29, 1.82) is 0 Å². The van der Waals surface area contributed by atoms with Crippen LogP contribution in [-0.2, 0) is 22.9 Å². The molecule has 0 radical (unpaired) electrons. The highest BCUT2D eigenvalue weighted by atomic mass is 32.2. The molecule has 31 heavy (non-hydrogen) atoms. The molecule has 2 rings (SSSR count). The van der Waals surface area contributed by atoms with Crippen molar-refractivity contribution in [2.45, 2.75) is 44.3 Å². The Morgan fingerprint density at radius 1 is 0.903 bits per heavy atom. The molecule has 0 aliphatic heterocycles. The molecular weight excluding hydrogens is 410 g/mol. The van der Waals surface area contributed by atoms with Crippen molar-refractivity contribution >= 4 is 10.0 Å². The maximum Gasteiger partial charge on any atom is 0.212 e. The average molecular weight is 446 g/mol.